The van der Waals surface area contributed by atoms with Crippen molar-refractivity contribution >= 4 is 39.1 Å². The molecule has 0 bridgehead atoms. The number of carbonyl (C=O) groups excluding carboxylic acids is 1. The van der Waals surface area contributed by atoms with Gasteiger partial charge in [-0.1, -0.05) is 11.6 Å². The molecule has 1 amide bonds. The third-order valence-corrected chi connectivity index (χ3v) is 7.85. The van der Waals surface area contributed by atoms with Crippen molar-refractivity contribution < 1.29 is 9.53 Å². The highest BCUT2D eigenvalue weighted by Gasteiger charge is 2.23. The maximum absolute atomic E-state index is 12.7. The van der Waals surface area contributed by atoms with Crippen LogP contribution in [0.4, 0.5) is 0 Å². The lowest BCUT2D eigenvalue weighted by atomic mass is 10.2. The number of nitrogens with zero attached hydrogens (tertiary/aromatic N) is 3. The molecular weight excluding hydrogens is 460 g/mol. The highest BCUT2D eigenvalue weighted by molar-refractivity contribution is 7.18. The molecule has 1 N–H and O–H groups in total. The Morgan fingerprint density at radius 1 is 1.15 bits per heavy atom. The van der Waals surface area contributed by atoms with E-state index in [9.17, 15) is 9.59 Å². The van der Waals surface area contributed by atoms with E-state index in [0.29, 0.717) is 43.4 Å². The van der Waals surface area contributed by atoms with Crippen LogP contribution in [0, 0.1) is 0 Å². The van der Waals surface area contributed by atoms with Gasteiger partial charge in [0.25, 0.3) is 5.56 Å². The summed E-state index contributed by atoms with van der Waals surface area (Å²) in [7, 11) is 0. The van der Waals surface area contributed by atoms with Crippen molar-refractivity contribution in [2.75, 3.05) is 39.3 Å². The molecule has 0 saturated carbocycles. The quantitative estimate of drug-likeness (QED) is 0.554. The number of nitrogens with one attached hydrogen (secondary N) is 1. The molecule has 2 aliphatic rings. The maximum Gasteiger partial charge on any atom is 0.259 e. The van der Waals surface area contributed by atoms with Crippen LogP contribution in [0.2, 0.25) is 5.02 Å². The van der Waals surface area contributed by atoms with Gasteiger partial charge in [0.2, 0.25) is 5.91 Å². The molecule has 1 aliphatic heterocycles. The van der Waals surface area contributed by atoms with Gasteiger partial charge in [-0.3, -0.25) is 14.5 Å². The minimum Gasteiger partial charge on any atom is -0.492 e. The van der Waals surface area contributed by atoms with Gasteiger partial charge in [-0.2, -0.15) is 0 Å². The van der Waals surface area contributed by atoms with Gasteiger partial charge in [0.05, 0.1) is 5.39 Å². The number of ether oxygens (including phenoxy) is 1. The number of thiophene rings is 1. The first kappa shape index (κ1) is 22.4. The summed E-state index contributed by atoms with van der Waals surface area (Å²) in [5, 5.41) is 1.46. The molecule has 5 rings (SSSR count). The summed E-state index contributed by atoms with van der Waals surface area (Å²) in [5.41, 5.74) is 1.12. The molecule has 0 spiro atoms. The van der Waals surface area contributed by atoms with E-state index in [1.54, 1.807) is 11.3 Å². The van der Waals surface area contributed by atoms with Gasteiger partial charge in [-0.15, -0.1) is 11.3 Å². The Kier molecular flexibility index (Phi) is 6.66. The lowest BCUT2D eigenvalue weighted by molar-refractivity contribution is -0.132. The Balaban J connectivity index is 1.08. The second kappa shape index (κ2) is 9.83. The number of aromatic amines is 1. The van der Waals surface area contributed by atoms with Crippen LogP contribution in [0.25, 0.3) is 10.2 Å². The summed E-state index contributed by atoms with van der Waals surface area (Å²) in [5.74, 6) is 1.53. The zero-order valence-corrected chi connectivity index (χ0v) is 20.0. The number of aromatic nitrogens is 2. The average molecular weight is 487 g/mol. The minimum atomic E-state index is -0.0590. The summed E-state index contributed by atoms with van der Waals surface area (Å²) in [6, 6.07) is 7.36. The van der Waals surface area contributed by atoms with Crippen LogP contribution in [0.3, 0.4) is 0 Å². The fraction of sp³-hybridized carbons (Fsp3) is 0.458. The number of hydrogen-bond donors (Lipinski definition) is 1. The number of benzene rings is 1. The summed E-state index contributed by atoms with van der Waals surface area (Å²) >= 11 is 7.53. The van der Waals surface area contributed by atoms with Crippen LogP contribution in [0.1, 0.15) is 29.1 Å². The first-order chi connectivity index (χ1) is 16.1. The van der Waals surface area contributed by atoms with Crippen molar-refractivity contribution in [1.82, 2.24) is 19.8 Å². The maximum atomic E-state index is 12.7. The first-order valence-electron chi connectivity index (χ1n) is 11.5. The predicted octanol–water partition coefficient (Wildman–Crippen LogP) is 3.28. The summed E-state index contributed by atoms with van der Waals surface area (Å²) < 4.78 is 5.77. The van der Waals surface area contributed by atoms with Crippen LogP contribution in [0.5, 0.6) is 5.75 Å². The van der Waals surface area contributed by atoms with Crippen LogP contribution in [0.15, 0.2) is 29.1 Å². The Bertz CT molecular complexity index is 1200. The first-order valence-corrected chi connectivity index (χ1v) is 12.7. The van der Waals surface area contributed by atoms with E-state index in [2.05, 4.69) is 14.9 Å². The molecule has 2 aromatic heterocycles. The van der Waals surface area contributed by atoms with Crippen LogP contribution < -0.4 is 10.3 Å². The molecule has 33 heavy (non-hydrogen) atoms. The molecule has 0 unspecified atom stereocenters. The molecule has 3 aromatic rings. The molecule has 1 aliphatic carbocycles. The SMILES string of the molecule is O=C(CCc1nc2sc3c(c2c(=O)[nH]1)CCC3)N1CCN(CCOc2ccc(Cl)cc2)CC1. The van der Waals surface area contributed by atoms with Crippen LogP contribution in [-0.2, 0) is 24.1 Å². The number of amides is 1. The summed E-state index contributed by atoms with van der Waals surface area (Å²) in [6.07, 6.45) is 3.95. The Morgan fingerprint density at radius 2 is 1.94 bits per heavy atom. The van der Waals surface area contributed by atoms with Crippen molar-refractivity contribution in [2.45, 2.75) is 32.1 Å². The molecule has 3 heterocycles. The number of rotatable bonds is 7. The highest BCUT2D eigenvalue weighted by atomic mass is 35.5. The van der Waals surface area contributed by atoms with Crippen molar-refractivity contribution in [1.29, 1.82) is 0 Å². The fourth-order valence-corrected chi connectivity index (χ4v) is 6.00. The summed E-state index contributed by atoms with van der Waals surface area (Å²) in [6.45, 7) is 4.50. The number of fused-ring (bicyclic) bond motifs is 3. The van der Waals surface area contributed by atoms with Crippen LogP contribution >= 0.6 is 22.9 Å². The van der Waals surface area contributed by atoms with Gasteiger partial charge >= 0.3 is 0 Å². The van der Waals surface area contributed by atoms with Crippen molar-refractivity contribution in [3.63, 3.8) is 0 Å². The Morgan fingerprint density at radius 3 is 2.73 bits per heavy atom. The fourth-order valence-electron chi connectivity index (χ4n) is 4.59. The second-order valence-corrected chi connectivity index (χ2v) is 10.1. The van der Waals surface area contributed by atoms with Gasteiger partial charge in [-0.25, -0.2) is 4.98 Å². The molecule has 0 radical (unpaired) electrons. The van der Waals surface area contributed by atoms with Gasteiger partial charge in [-0.05, 0) is 49.1 Å². The van der Waals surface area contributed by atoms with E-state index < -0.39 is 0 Å². The molecule has 1 aromatic carbocycles. The Hall–Kier alpha value is -2.42. The molecule has 7 nitrogen and oxygen atoms in total. The van der Waals surface area contributed by atoms with Crippen molar-refractivity contribution in [2.24, 2.45) is 0 Å². The minimum absolute atomic E-state index is 0.0590. The van der Waals surface area contributed by atoms with Crippen LogP contribution in [-0.4, -0.2) is 65.0 Å². The van der Waals surface area contributed by atoms with E-state index in [4.69, 9.17) is 16.3 Å². The number of aryl methyl sites for hydroxylation is 3. The third kappa shape index (κ3) is 5.08. The standard InChI is InChI=1S/C24H27ClN4O3S/c25-16-4-6-17(7-5-16)32-15-14-28-10-12-29(13-11-28)21(30)9-8-20-26-23(31)22-18-2-1-3-19(18)33-24(22)27-20/h4-7H,1-3,8-15H2,(H,26,27,31). The topological polar surface area (TPSA) is 78.5 Å². The van der Waals surface area contributed by atoms with E-state index in [1.165, 1.54) is 10.4 Å². The zero-order valence-electron chi connectivity index (χ0n) is 18.4. The normalized spacial score (nSPS) is 16.3. The molecule has 174 valence electrons. The lowest BCUT2D eigenvalue weighted by Crippen LogP contribution is -2.49. The monoisotopic (exact) mass is 486 g/mol. The van der Waals surface area contributed by atoms with E-state index in [-0.39, 0.29) is 11.5 Å². The van der Waals surface area contributed by atoms with Crippen molar-refractivity contribution in [3.8, 4) is 5.75 Å². The number of H-pyrrole nitrogens is 1. The molecule has 9 heteroatoms. The third-order valence-electron chi connectivity index (χ3n) is 6.41. The summed E-state index contributed by atoms with van der Waals surface area (Å²) in [4.78, 5) is 39.2. The number of carbonyl (C=O) groups is 1. The number of halogens is 1. The van der Waals surface area contributed by atoms with E-state index >= 15 is 0 Å². The average Bonchev–Trinajstić information content (AvgIpc) is 3.40. The smallest absolute Gasteiger partial charge is 0.259 e. The van der Waals surface area contributed by atoms with E-state index in [0.717, 1.165) is 54.9 Å². The van der Waals surface area contributed by atoms with Gasteiger partial charge in [0.1, 0.15) is 23.0 Å². The van der Waals surface area contributed by atoms with Gasteiger partial charge in [0.15, 0.2) is 0 Å². The number of hydrogen-bond acceptors (Lipinski definition) is 6. The number of piperazine rings is 1. The molecule has 1 saturated heterocycles. The zero-order chi connectivity index (χ0) is 22.8. The van der Waals surface area contributed by atoms with Gasteiger partial charge < -0.3 is 14.6 Å². The van der Waals surface area contributed by atoms with E-state index in [1.807, 2.05) is 29.2 Å². The molecular formula is C24H27ClN4O3S. The molecule has 1 fully saturated rings. The van der Waals surface area contributed by atoms with Crippen molar-refractivity contribution in [3.05, 3.63) is 55.9 Å². The predicted molar refractivity (Wildman–Crippen MR) is 131 cm³/mol. The highest BCUT2D eigenvalue weighted by Crippen LogP contribution is 2.34. The largest absolute Gasteiger partial charge is 0.492 e. The second-order valence-electron chi connectivity index (χ2n) is 8.57. The Labute approximate surface area is 201 Å². The van der Waals surface area contributed by atoms with Gasteiger partial charge in [0, 0.05) is 55.5 Å². The molecule has 0 atom stereocenters. The lowest BCUT2D eigenvalue weighted by Gasteiger charge is -2.34.